The summed E-state index contributed by atoms with van der Waals surface area (Å²) in [5.41, 5.74) is 4.86. The second-order valence-corrected chi connectivity index (χ2v) is 10.4. The van der Waals surface area contributed by atoms with E-state index in [1.165, 1.54) is 22.1 Å². The van der Waals surface area contributed by atoms with Gasteiger partial charge in [-0.1, -0.05) is 63.2 Å². The lowest BCUT2D eigenvalue weighted by Crippen LogP contribution is -2.47. The van der Waals surface area contributed by atoms with Gasteiger partial charge in [-0.3, -0.25) is 4.79 Å². The summed E-state index contributed by atoms with van der Waals surface area (Å²) in [5, 5.41) is 1.18. The Bertz CT molecular complexity index is 1110. The van der Waals surface area contributed by atoms with Crippen molar-refractivity contribution in [2.75, 3.05) is 26.3 Å². The Morgan fingerprint density at radius 1 is 1.03 bits per heavy atom. The molecule has 3 aromatic rings. The Labute approximate surface area is 196 Å². The van der Waals surface area contributed by atoms with Crippen LogP contribution in [0.3, 0.4) is 0 Å². The number of carbonyl (C=O) groups is 1. The van der Waals surface area contributed by atoms with E-state index in [2.05, 4.69) is 74.4 Å². The zero-order chi connectivity index (χ0) is 23.1. The topological polar surface area (TPSA) is 54.6 Å². The molecule has 1 aromatic heterocycles. The predicted octanol–water partition coefficient (Wildman–Crippen LogP) is 5.35. The van der Waals surface area contributed by atoms with Gasteiger partial charge in [-0.25, -0.2) is 0 Å². The van der Waals surface area contributed by atoms with E-state index in [4.69, 9.17) is 9.47 Å². The molecule has 174 valence electrons. The van der Waals surface area contributed by atoms with Gasteiger partial charge in [0, 0.05) is 55.4 Å². The molecule has 2 fully saturated rings. The van der Waals surface area contributed by atoms with Crippen molar-refractivity contribution in [3.8, 4) is 0 Å². The minimum Gasteiger partial charge on any atom is -0.361 e. The summed E-state index contributed by atoms with van der Waals surface area (Å²) in [6.45, 7) is 9.35. The molecule has 0 aliphatic carbocycles. The third kappa shape index (κ3) is 4.44. The zero-order valence-electron chi connectivity index (χ0n) is 19.9. The second-order valence-electron chi connectivity index (χ2n) is 10.4. The Balaban J connectivity index is 1.41. The van der Waals surface area contributed by atoms with Crippen molar-refractivity contribution in [3.63, 3.8) is 0 Å². The molecule has 33 heavy (non-hydrogen) atoms. The number of aromatic nitrogens is 1. The molecule has 0 unspecified atom stereocenters. The molecule has 1 amide bonds. The van der Waals surface area contributed by atoms with Crippen molar-refractivity contribution in [1.82, 2.24) is 9.88 Å². The molecule has 2 aliphatic rings. The average Bonchev–Trinajstić information content (AvgIpc) is 3.45. The summed E-state index contributed by atoms with van der Waals surface area (Å²) >= 11 is 0. The zero-order valence-corrected chi connectivity index (χ0v) is 19.9. The third-order valence-corrected chi connectivity index (χ3v) is 7.25. The highest BCUT2D eigenvalue weighted by Crippen LogP contribution is 2.36. The Morgan fingerprint density at radius 3 is 2.36 bits per heavy atom. The highest BCUT2D eigenvalue weighted by molar-refractivity contribution is 5.86. The summed E-state index contributed by atoms with van der Waals surface area (Å²) in [6.07, 6.45) is 4.02. The van der Waals surface area contributed by atoms with Crippen LogP contribution >= 0.6 is 0 Å². The third-order valence-electron chi connectivity index (χ3n) is 7.25. The minimum absolute atomic E-state index is 0.00228. The number of likely N-dealkylation sites (tertiary alicyclic amines) is 1. The van der Waals surface area contributed by atoms with Crippen LogP contribution in [0.4, 0.5) is 0 Å². The van der Waals surface area contributed by atoms with Crippen molar-refractivity contribution >= 4 is 16.8 Å². The van der Waals surface area contributed by atoms with Gasteiger partial charge >= 0.3 is 0 Å². The molecular formula is C28H34N2O3. The van der Waals surface area contributed by atoms with Gasteiger partial charge in [-0.2, -0.15) is 0 Å². The first-order valence-corrected chi connectivity index (χ1v) is 12.1. The van der Waals surface area contributed by atoms with Crippen molar-refractivity contribution < 1.29 is 14.3 Å². The number of benzene rings is 2. The maximum atomic E-state index is 13.5. The molecule has 1 spiro atoms. The number of nitrogens with zero attached hydrogens (tertiary/aromatic N) is 1. The molecule has 2 aliphatic heterocycles. The van der Waals surface area contributed by atoms with Gasteiger partial charge in [0.05, 0.1) is 13.2 Å². The number of H-pyrrole nitrogens is 1. The van der Waals surface area contributed by atoms with Crippen LogP contribution in [-0.2, 0) is 19.7 Å². The first-order chi connectivity index (χ1) is 15.8. The first-order valence-electron chi connectivity index (χ1n) is 12.1. The van der Waals surface area contributed by atoms with E-state index in [0.29, 0.717) is 32.7 Å². The van der Waals surface area contributed by atoms with Gasteiger partial charge in [0.1, 0.15) is 0 Å². The molecule has 2 aromatic carbocycles. The number of ether oxygens (including phenoxy) is 2. The highest BCUT2D eigenvalue weighted by atomic mass is 16.7. The fraction of sp³-hybridized carbons (Fsp3) is 0.464. The summed E-state index contributed by atoms with van der Waals surface area (Å²) in [4.78, 5) is 18.9. The van der Waals surface area contributed by atoms with Gasteiger partial charge in [0.15, 0.2) is 5.79 Å². The van der Waals surface area contributed by atoms with Gasteiger partial charge in [0.25, 0.3) is 0 Å². The van der Waals surface area contributed by atoms with Crippen LogP contribution in [-0.4, -0.2) is 47.9 Å². The Morgan fingerprint density at radius 2 is 1.70 bits per heavy atom. The molecule has 1 N–H and O–H groups in total. The van der Waals surface area contributed by atoms with Crippen molar-refractivity contribution in [2.45, 2.75) is 57.2 Å². The summed E-state index contributed by atoms with van der Waals surface area (Å²) < 4.78 is 11.7. The average molecular weight is 447 g/mol. The van der Waals surface area contributed by atoms with Crippen molar-refractivity contribution in [1.29, 1.82) is 0 Å². The molecule has 0 radical (unpaired) electrons. The fourth-order valence-electron chi connectivity index (χ4n) is 5.19. The maximum absolute atomic E-state index is 13.5. The number of hydrogen-bond acceptors (Lipinski definition) is 3. The van der Waals surface area contributed by atoms with Crippen LogP contribution < -0.4 is 0 Å². The molecule has 3 heterocycles. The molecule has 5 rings (SSSR count). The first kappa shape index (κ1) is 22.2. The van der Waals surface area contributed by atoms with E-state index in [0.717, 1.165) is 18.4 Å². The monoisotopic (exact) mass is 446 g/mol. The van der Waals surface area contributed by atoms with Crippen molar-refractivity contribution in [3.05, 3.63) is 71.4 Å². The lowest BCUT2D eigenvalue weighted by Gasteiger charge is -2.38. The SMILES string of the molecule is CC(C)(C)c1ccc([C@@H](CC(=O)N2CCC3(CC2)OCCO3)c2c[nH]c3ccccc23)cc1. The second kappa shape index (κ2) is 8.62. The number of aromatic amines is 1. The standard InChI is InChI=1S/C28H34N2O3/c1-27(2,3)21-10-8-20(9-11-21)23(24-19-29-25-7-5-4-6-22(24)25)18-26(31)30-14-12-28(13-15-30)32-16-17-33-28/h4-11,19,23,29H,12-18H2,1-3H3/t23-/m1/s1. The van der Waals surface area contributed by atoms with Crippen molar-refractivity contribution in [2.24, 2.45) is 0 Å². The Kier molecular flexibility index (Phi) is 5.79. The van der Waals surface area contributed by atoms with Gasteiger partial charge < -0.3 is 19.4 Å². The molecular weight excluding hydrogens is 412 g/mol. The summed E-state index contributed by atoms with van der Waals surface area (Å²) in [5.74, 6) is -0.272. The van der Waals surface area contributed by atoms with Gasteiger partial charge in [-0.15, -0.1) is 0 Å². The lowest BCUT2D eigenvalue weighted by atomic mass is 9.83. The molecule has 5 heteroatoms. The lowest BCUT2D eigenvalue weighted by molar-refractivity contribution is -0.187. The van der Waals surface area contributed by atoms with E-state index >= 15 is 0 Å². The smallest absolute Gasteiger partial charge is 0.223 e. The number of nitrogens with one attached hydrogen (secondary N) is 1. The fourth-order valence-corrected chi connectivity index (χ4v) is 5.19. The van der Waals surface area contributed by atoms with E-state index in [1.54, 1.807) is 0 Å². The molecule has 0 bridgehead atoms. The van der Waals surface area contributed by atoms with Gasteiger partial charge in [-0.05, 0) is 28.2 Å². The molecule has 2 saturated heterocycles. The largest absolute Gasteiger partial charge is 0.361 e. The number of fused-ring (bicyclic) bond motifs is 1. The summed E-state index contributed by atoms with van der Waals surface area (Å²) in [6, 6.07) is 17.2. The Hall–Kier alpha value is -2.63. The number of amides is 1. The van der Waals surface area contributed by atoms with Crippen LogP contribution in [0.15, 0.2) is 54.7 Å². The number of rotatable bonds is 4. The molecule has 0 saturated carbocycles. The van der Waals surface area contributed by atoms with Gasteiger partial charge in [0.2, 0.25) is 5.91 Å². The minimum atomic E-state index is -0.462. The van der Waals surface area contributed by atoms with Crippen LogP contribution in [0.1, 0.15) is 62.6 Å². The van der Waals surface area contributed by atoms with E-state index < -0.39 is 5.79 Å². The van der Waals surface area contributed by atoms with E-state index in [-0.39, 0.29) is 17.2 Å². The predicted molar refractivity (Wildman–Crippen MR) is 130 cm³/mol. The number of hydrogen-bond donors (Lipinski definition) is 1. The summed E-state index contributed by atoms with van der Waals surface area (Å²) in [7, 11) is 0. The van der Waals surface area contributed by atoms with E-state index in [1.807, 2.05) is 11.0 Å². The molecule has 1 atom stereocenters. The van der Waals surface area contributed by atoms with Crippen LogP contribution in [0.5, 0.6) is 0 Å². The molecule has 5 nitrogen and oxygen atoms in total. The number of carbonyl (C=O) groups excluding carboxylic acids is 1. The van der Waals surface area contributed by atoms with E-state index in [9.17, 15) is 4.79 Å². The number of para-hydroxylation sites is 1. The van der Waals surface area contributed by atoms with Crippen LogP contribution in [0.25, 0.3) is 10.9 Å². The van der Waals surface area contributed by atoms with Crippen LogP contribution in [0, 0.1) is 0 Å². The normalized spacial score (nSPS) is 19.3. The highest BCUT2D eigenvalue weighted by Gasteiger charge is 2.41. The number of piperidine rings is 1. The maximum Gasteiger partial charge on any atom is 0.223 e. The quantitative estimate of drug-likeness (QED) is 0.588. The van der Waals surface area contributed by atoms with Crippen LogP contribution in [0.2, 0.25) is 0 Å².